The van der Waals surface area contributed by atoms with Crippen LogP contribution >= 0.6 is 0 Å². The van der Waals surface area contributed by atoms with E-state index in [-0.39, 0.29) is 55.5 Å². The number of sulfone groups is 1. The Morgan fingerprint density at radius 1 is 1.05 bits per heavy atom. The van der Waals surface area contributed by atoms with Gasteiger partial charge in [-0.1, -0.05) is 6.07 Å². The highest BCUT2D eigenvalue weighted by Gasteiger charge is 2.39. The normalized spacial score (nSPS) is 18.7. The lowest BCUT2D eigenvalue weighted by molar-refractivity contribution is 0.0257. The van der Waals surface area contributed by atoms with Crippen molar-refractivity contribution in [1.29, 1.82) is 0 Å². The Morgan fingerprint density at radius 2 is 1.93 bits per heavy atom. The maximum Gasteiger partial charge on any atom is 0.266 e. The van der Waals surface area contributed by atoms with Crippen LogP contribution in [0.2, 0.25) is 0 Å². The number of pyridine rings is 3. The minimum atomic E-state index is -3.54. The molecule has 0 aliphatic carbocycles. The summed E-state index contributed by atoms with van der Waals surface area (Å²) in [6.07, 6.45) is 3.07. The molecule has 44 heavy (non-hydrogen) atoms. The molecule has 0 atom stereocenters. The summed E-state index contributed by atoms with van der Waals surface area (Å²) in [5.74, 6) is -1.59. The fraction of sp³-hybridized carbons (Fsp3) is 0.333. The number of aromatic nitrogens is 3. The summed E-state index contributed by atoms with van der Waals surface area (Å²) in [5.41, 5.74) is 2.58. The summed E-state index contributed by atoms with van der Waals surface area (Å²) in [5, 5.41) is 3.61. The molecule has 0 bridgehead atoms. The Bertz CT molecular complexity index is 1890. The Balaban J connectivity index is 1.09. The summed E-state index contributed by atoms with van der Waals surface area (Å²) >= 11 is 0. The van der Waals surface area contributed by atoms with Crippen LogP contribution in [-0.4, -0.2) is 73.8 Å². The van der Waals surface area contributed by atoms with Crippen LogP contribution in [0.1, 0.15) is 28.0 Å². The van der Waals surface area contributed by atoms with Crippen molar-refractivity contribution in [2.75, 3.05) is 48.4 Å². The first-order valence-electron chi connectivity index (χ1n) is 14.2. The highest BCUT2D eigenvalue weighted by atomic mass is 32.2. The number of halogens is 2. The number of alkyl halides is 2. The third kappa shape index (κ3) is 5.50. The number of amides is 1. The molecule has 6 heterocycles. The molecule has 1 aromatic carbocycles. The summed E-state index contributed by atoms with van der Waals surface area (Å²) in [6.45, 7) is 1.18. The minimum absolute atomic E-state index is 0.105. The molecule has 1 N–H and O–H groups in total. The third-order valence-corrected chi connectivity index (χ3v) is 9.68. The van der Waals surface area contributed by atoms with Gasteiger partial charge in [0, 0.05) is 36.2 Å². The minimum Gasteiger partial charge on any atom is -0.488 e. The van der Waals surface area contributed by atoms with Gasteiger partial charge >= 0.3 is 0 Å². The first kappa shape index (κ1) is 28.3. The molecule has 1 saturated heterocycles. The number of carbonyl (C=O) groups is 1. The van der Waals surface area contributed by atoms with Crippen LogP contribution in [0.5, 0.6) is 5.75 Å². The fourth-order valence-corrected chi connectivity index (χ4v) is 6.96. The highest BCUT2D eigenvalue weighted by molar-refractivity contribution is 7.91. The number of benzene rings is 1. The molecule has 1 fully saturated rings. The quantitative estimate of drug-likeness (QED) is 0.353. The Morgan fingerprint density at radius 3 is 2.77 bits per heavy atom. The molecule has 3 aliphatic rings. The third-order valence-electron chi connectivity index (χ3n) is 7.92. The molecule has 11 nitrogen and oxygen atoms in total. The lowest BCUT2D eigenvalue weighted by Crippen LogP contribution is -2.31. The van der Waals surface area contributed by atoms with Crippen LogP contribution in [-0.2, 0) is 27.7 Å². The average molecular weight is 623 g/mol. The van der Waals surface area contributed by atoms with Crippen LogP contribution in [0.15, 0.2) is 59.8 Å². The maximum absolute atomic E-state index is 13.8. The second-order valence-corrected chi connectivity index (χ2v) is 13.0. The van der Waals surface area contributed by atoms with Gasteiger partial charge < -0.3 is 24.6 Å². The number of hydrogen-bond acceptors (Lipinski definition) is 10. The Hall–Kier alpha value is -4.43. The van der Waals surface area contributed by atoms with Gasteiger partial charge in [0.15, 0.2) is 21.4 Å². The number of carbonyl (C=O) groups excluding carboxylic acids is 1. The van der Waals surface area contributed by atoms with E-state index in [1.165, 1.54) is 6.07 Å². The number of anilines is 3. The predicted octanol–water partition coefficient (Wildman–Crippen LogP) is 3.63. The number of fused-ring (bicyclic) bond motifs is 3. The molecule has 3 aliphatic heterocycles. The van der Waals surface area contributed by atoms with Crippen molar-refractivity contribution in [2.45, 2.75) is 30.4 Å². The highest BCUT2D eigenvalue weighted by Crippen LogP contribution is 2.39. The van der Waals surface area contributed by atoms with Crippen molar-refractivity contribution in [2.24, 2.45) is 0 Å². The van der Waals surface area contributed by atoms with E-state index in [2.05, 4.69) is 15.3 Å². The number of nitrogens with zero attached hydrogens (tertiary/aromatic N) is 5. The van der Waals surface area contributed by atoms with E-state index in [4.69, 9.17) is 14.5 Å². The molecule has 0 unspecified atom stereocenters. The SMILES string of the molecule is O=C(NCc1cc2nc(N3CCOc4cc(N5CCC(F)(F)C5)cnc43)ccc2cn1)c1ccc2c(c1)S(=O)(=O)CCOC2. The van der Waals surface area contributed by atoms with Crippen LogP contribution < -0.4 is 19.9 Å². The van der Waals surface area contributed by atoms with Gasteiger partial charge in [-0.25, -0.2) is 27.2 Å². The van der Waals surface area contributed by atoms with Crippen LogP contribution in [0, 0.1) is 0 Å². The first-order chi connectivity index (χ1) is 21.1. The smallest absolute Gasteiger partial charge is 0.266 e. The van der Waals surface area contributed by atoms with E-state index < -0.39 is 21.7 Å². The summed E-state index contributed by atoms with van der Waals surface area (Å²) in [6, 6.07) is 11.9. The van der Waals surface area contributed by atoms with Crippen molar-refractivity contribution >= 4 is 44.0 Å². The molecule has 4 aromatic rings. The maximum atomic E-state index is 13.8. The van der Waals surface area contributed by atoms with Crippen molar-refractivity contribution in [1.82, 2.24) is 20.3 Å². The van der Waals surface area contributed by atoms with Crippen LogP contribution in [0.25, 0.3) is 10.9 Å². The Labute approximate surface area is 251 Å². The molecule has 14 heteroatoms. The zero-order chi connectivity index (χ0) is 30.5. The van der Waals surface area contributed by atoms with Crippen molar-refractivity contribution in [3.05, 3.63) is 71.7 Å². The summed E-state index contributed by atoms with van der Waals surface area (Å²) in [4.78, 5) is 30.4. The van der Waals surface area contributed by atoms with Gasteiger partial charge in [0.2, 0.25) is 0 Å². The topological polar surface area (TPSA) is 127 Å². The van der Waals surface area contributed by atoms with Crippen molar-refractivity contribution in [3.63, 3.8) is 0 Å². The first-order valence-corrected chi connectivity index (χ1v) is 15.8. The molecule has 0 spiro atoms. The zero-order valence-corrected chi connectivity index (χ0v) is 24.3. The van der Waals surface area contributed by atoms with Gasteiger partial charge in [0.1, 0.15) is 12.4 Å². The van der Waals surface area contributed by atoms with Crippen molar-refractivity contribution < 1.29 is 31.5 Å². The van der Waals surface area contributed by atoms with E-state index >= 15 is 0 Å². The molecule has 1 amide bonds. The van der Waals surface area contributed by atoms with Crippen molar-refractivity contribution in [3.8, 4) is 5.75 Å². The fourth-order valence-electron chi connectivity index (χ4n) is 5.57. The van der Waals surface area contributed by atoms with E-state index in [1.807, 2.05) is 17.0 Å². The van der Waals surface area contributed by atoms with Gasteiger partial charge in [-0.3, -0.25) is 9.78 Å². The van der Waals surface area contributed by atoms with Gasteiger partial charge in [-0.2, -0.15) is 0 Å². The average Bonchev–Trinajstić information content (AvgIpc) is 3.32. The molecular weight excluding hydrogens is 594 g/mol. The number of rotatable bonds is 5. The van der Waals surface area contributed by atoms with Crippen LogP contribution in [0.3, 0.4) is 0 Å². The zero-order valence-electron chi connectivity index (χ0n) is 23.5. The molecular formula is C30H28F2N6O5S. The number of ether oxygens (including phenoxy) is 2. The molecule has 0 radical (unpaired) electrons. The molecule has 7 rings (SSSR count). The second kappa shape index (κ2) is 10.9. The lowest BCUT2D eigenvalue weighted by atomic mass is 10.1. The largest absolute Gasteiger partial charge is 0.488 e. The van der Waals surface area contributed by atoms with Gasteiger partial charge in [-0.15, -0.1) is 0 Å². The van der Waals surface area contributed by atoms with Gasteiger partial charge in [-0.05, 0) is 35.9 Å². The predicted molar refractivity (Wildman–Crippen MR) is 157 cm³/mol. The lowest BCUT2D eigenvalue weighted by Gasteiger charge is -2.30. The summed E-state index contributed by atoms with van der Waals surface area (Å²) in [7, 11) is -3.54. The van der Waals surface area contributed by atoms with Crippen LogP contribution in [0.4, 0.5) is 26.1 Å². The van der Waals surface area contributed by atoms with Gasteiger partial charge in [0.25, 0.3) is 11.8 Å². The number of hydrogen-bond donors (Lipinski definition) is 1. The van der Waals surface area contributed by atoms with E-state index in [0.717, 1.165) is 5.39 Å². The van der Waals surface area contributed by atoms with E-state index in [0.29, 0.717) is 53.0 Å². The monoisotopic (exact) mass is 622 g/mol. The second-order valence-electron chi connectivity index (χ2n) is 11.0. The van der Waals surface area contributed by atoms with E-state index in [1.54, 1.807) is 41.6 Å². The molecule has 228 valence electrons. The van der Waals surface area contributed by atoms with E-state index in [9.17, 15) is 22.0 Å². The summed E-state index contributed by atoms with van der Waals surface area (Å²) < 4.78 is 63.9. The standard InChI is InChI=1S/C30H28F2N6O5S/c31-30(32)5-6-37(18-30)23-13-25-28(34-16-23)38(7-8-43-25)27-4-3-20-14-33-22(12-24(20)36-27)15-35-29(39)19-1-2-21-17-42-9-10-44(40,41)26(21)11-19/h1-4,11-14,16H,5-10,15,17-18H2,(H,35,39). The Kier molecular flexibility index (Phi) is 7.04. The molecule has 0 saturated carbocycles. The number of nitrogens with one attached hydrogen (secondary N) is 1. The molecule has 3 aromatic heterocycles. The van der Waals surface area contributed by atoms with Gasteiger partial charge in [0.05, 0.1) is 66.6 Å².